The molecule has 0 spiro atoms. The second kappa shape index (κ2) is 6.36. The van der Waals surface area contributed by atoms with Crippen LogP contribution in [0.2, 0.25) is 0 Å². The van der Waals surface area contributed by atoms with E-state index in [2.05, 4.69) is 21.7 Å². The number of aromatic nitrogens is 2. The molecule has 1 heterocycles. The fourth-order valence-electron chi connectivity index (χ4n) is 1.63. The number of hydrazone groups is 1. The second-order valence-corrected chi connectivity index (χ2v) is 4.08. The Morgan fingerprint density at radius 2 is 2.21 bits per heavy atom. The number of nitrogens with zero attached hydrogens (tertiary/aromatic N) is 4. The maximum atomic E-state index is 8.54. The molecule has 0 aliphatic rings. The highest BCUT2D eigenvalue weighted by atomic mass is 15.3. The fraction of sp³-hybridized carbons (Fsp3) is 0.214. The van der Waals surface area contributed by atoms with E-state index in [4.69, 9.17) is 5.26 Å². The van der Waals surface area contributed by atoms with E-state index < -0.39 is 0 Å². The molecular formula is C14H15N5. The molecule has 0 aliphatic carbocycles. The molecule has 1 aromatic heterocycles. The van der Waals surface area contributed by atoms with Gasteiger partial charge >= 0.3 is 0 Å². The van der Waals surface area contributed by atoms with Crippen LogP contribution in [0.4, 0.5) is 5.69 Å². The van der Waals surface area contributed by atoms with Crippen molar-refractivity contribution in [2.24, 2.45) is 5.10 Å². The Balaban J connectivity index is 1.99. The molecule has 2 rings (SSSR count). The van der Waals surface area contributed by atoms with Gasteiger partial charge in [0.05, 0.1) is 36.6 Å². The third-order valence-electron chi connectivity index (χ3n) is 2.61. The average Bonchev–Trinajstić information content (AvgIpc) is 2.78. The second-order valence-electron chi connectivity index (χ2n) is 4.08. The van der Waals surface area contributed by atoms with E-state index in [-0.39, 0.29) is 0 Å². The number of para-hydroxylation sites is 1. The summed E-state index contributed by atoms with van der Waals surface area (Å²) in [5.74, 6) is 0. The summed E-state index contributed by atoms with van der Waals surface area (Å²) >= 11 is 0. The Morgan fingerprint density at radius 1 is 1.42 bits per heavy atom. The third-order valence-corrected chi connectivity index (χ3v) is 2.61. The predicted octanol–water partition coefficient (Wildman–Crippen LogP) is 2.55. The Hall–Kier alpha value is -2.61. The number of aryl methyl sites for hydroxylation is 2. The van der Waals surface area contributed by atoms with E-state index in [1.165, 1.54) is 0 Å². The van der Waals surface area contributed by atoms with Crippen LogP contribution in [-0.2, 0) is 6.54 Å². The van der Waals surface area contributed by atoms with Crippen molar-refractivity contribution in [1.82, 2.24) is 9.78 Å². The average molecular weight is 253 g/mol. The summed E-state index contributed by atoms with van der Waals surface area (Å²) in [5, 5.41) is 17.0. The summed E-state index contributed by atoms with van der Waals surface area (Å²) in [6, 6.07) is 11.8. The van der Waals surface area contributed by atoms with Gasteiger partial charge in [-0.3, -0.25) is 10.1 Å². The van der Waals surface area contributed by atoms with Crippen molar-refractivity contribution in [3.05, 3.63) is 47.8 Å². The largest absolute Gasteiger partial charge is 0.279 e. The molecule has 0 atom stereocenters. The topological polar surface area (TPSA) is 66.0 Å². The SMILES string of the molecule is Cc1nn(CCC#N)cc1/C=N\Nc1ccccc1. The lowest BCUT2D eigenvalue weighted by molar-refractivity contribution is 0.622. The van der Waals surface area contributed by atoms with Gasteiger partial charge in [0.1, 0.15) is 0 Å². The molecule has 0 aliphatic heterocycles. The van der Waals surface area contributed by atoms with Gasteiger partial charge in [-0.15, -0.1) is 0 Å². The van der Waals surface area contributed by atoms with Gasteiger partial charge in [0, 0.05) is 11.8 Å². The van der Waals surface area contributed by atoms with Gasteiger partial charge < -0.3 is 0 Å². The van der Waals surface area contributed by atoms with Crippen LogP contribution in [0.25, 0.3) is 0 Å². The number of rotatable bonds is 5. The van der Waals surface area contributed by atoms with Gasteiger partial charge in [0.15, 0.2) is 0 Å². The van der Waals surface area contributed by atoms with Crippen LogP contribution in [0.3, 0.4) is 0 Å². The van der Waals surface area contributed by atoms with Crippen molar-refractivity contribution in [3.8, 4) is 6.07 Å². The van der Waals surface area contributed by atoms with Crippen molar-refractivity contribution >= 4 is 11.9 Å². The predicted molar refractivity (Wildman–Crippen MR) is 74.9 cm³/mol. The number of hydrogen-bond acceptors (Lipinski definition) is 4. The van der Waals surface area contributed by atoms with E-state index in [9.17, 15) is 0 Å². The number of nitriles is 1. The van der Waals surface area contributed by atoms with Gasteiger partial charge in [-0.05, 0) is 19.1 Å². The summed E-state index contributed by atoms with van der Waals surface area (Å²) in [6.07, 6.45) is 4.08. The van der Waals surface area contributed by atoms with Crippen molar-refractivity contribution in [2.45, 2.75) is 19.9 Å². The summed E-state index contributed by atoms with van der Waals surface area (Å²) in [7, 11) is 0. The number of hydrogen-bond donors (Lipinski definition) is 1. The molecule has 1 N–H and O–H groups in total. The van der Waals surface area contributed by atoms with Crippen molar-refractivity contribution < 1.29 is 0 Å². The fourth-order valence-corrected chi connectivity index (χ4v) is 1.63. The Labute approximate surface area is 112 Å². The molecule has 0 bridgehead atoms. The summed E-state index contributed by atoms with van der Waals surface area (Å²) in [6.45, 7) is 2.53. The van der Waals surface area contributed by atoms with Crippen LogP contribution in [0.15, 0.2) is 41.6 Å². The maximum absolute atomic E-state index is 8.54. The van der Waals surface area contributed by atoms with Gasteiger partial charge in [0.25, 0.3) is 0 Å². The minimum absolute atomic E-state index is 0.458. The number of anilines is 1. The van der Waals surface area contributed by atoms with Crippen molar-refractivity contribution in [3.63, 3.8) is 0 Å². The van der Waals surface area contributed by atoms with Crippen LogP contribution < -0.4 is 5.43 Å². The molecule has 0 amide bonds. The first kappa shape index (κ1) is 12.8. The molecule has 5 heteroatoms. The third kappa shape index (κ3) is 3.68. The summed E-state index contributed by atoms with van der Waals surface area (Å²) in [4.78, 5) is 0. The van der Waals surface area contributed by atoms with E-state index in [0.717, 1.165) is 16.9 Å². The molecule has 96 valence electrons. The van der Waals surface area contributed by atoms with Crippen LogP contribution in [0, 0.1) is 18.3 Å². The van der Waals surface area contributed by atoms with Gasteiger partial charge in [-0.2, -0.15) is 15.5 Å². The smallest absolute Gasteiger partial charge is 0.0682 e. The van der Waals surface area contributed by atoms with Crippen LogP contribution in [0.1, 0.15) is 17.7 Å². The van der Waals surface area contributed by atoms with Crippen molar-refractivity contribution in [1.29, 1.82) is 5.26 Å². The lowest BCUT2D eigenvalue weighted by Crippen LogP contribution is -1.97. The quantitative estimate of drug-likeness (QED) is 0.657. The minimum Gasteiger partial charge on any atom is -0.279 e. The molecule has 1 aromatic carbocycles. The number of nitrogens with one attached hydrogen (secondary N) is 1. The summed E-state index contributed by atoms with van der Waals surface area (Å²) < 4.78 is 1.77. The Kier molecular flexibility index (Phi) is 4.29. The van der Waals surface area contributed by atoms with E-state index >= 15 is 0 Å². The van der Waals surface area contributed by atoms with E-state index in [0.29, 0.717) is 13.0 Å². The van der Waals surface area contributed by atoms with E-state index in [1.54, 1.807) is 10.9 Å². The Bertz CT molecular complexity index is 592. The van der Waals surface area contributed by atoms with Gasteiger partial charge in [-0.25, -0.2) is 0 Å². The number of benzene rings is 1. The van der Waals surface area contributed by atoms with Gasteiger partial charge in [0.2, 0.25) is 0 Å². The first-order valence-electron chi connectivity index (χ1n) is 6.05. The zero-order valence-corrected chi connectivity index (χ0v) is 10.7. The lowest BCUT2D eigenvalue weighted by atomic mass is 10.3. The standard InChI is InChI=1S/C14H15N5/c1-12-13(11-19(18-12)9-5-8-15)10-16-17-14-6-3-2-4-7-14/h2-4,6-7,10-11,17H,5,9H2,1H3/b16-10-. The molecular weight excluding hydrogens is 238 g/mol. The molecule has 0 saturated carbocycles. The lowest BCUT2D eigenvalue weighted by Gasteiger charge is -1.97. The zero-order valence-electron chi connectivity index (χ0n) is 10.7. The zero-order chi connectivity index (χ0) is 13.5. The van der Waals surface area contributed by atoms with Crippen LogP contribution in [0.5, 0.6) is 0 Å². The first-order valence-corrected chi connectivity index (χ1v) is 6.05. The minimum atomic E-state index is 0.458. The van der Waals surface area contributed by atoms with Crippen LogP contribution >= 0.6 is 0 Å². The molecule has 0 radical (unpaired) electrons. The highest BCUT2D eigenvalue weighted by Crippen LogP contribution is 2.06. The van der Waals surface area contributed by atoms with Crippen LogP contribution in [-0.4, -0.2) is 16.0 Å². The molecule has 2 aromatic rings. The van der Waals surface area contributed by atoms with Crippen molar-refractivity contribution in [2.75, 3.05) is 5.43 Å². The maximum Gasteiger partial charge on any atom is 0.0682 e. The molecule has 0 unspecified atom stereocenters. The molecule has 0 fully saturated rings. The highest BCUT2D eigenvalue weighted by molar-refractivity contribution is 5.81. The molecule has 19 heavy (non-hydrogen) atoms. The first-order chi connectivity index (χ1) is 9.29. The van der Waals surface area contributed by atoms with Gasteiger partial charge in [-0.1, -0.05) is 18.2 Å². The molecule has 0 saturated heterocycles. The summed E-state index contributed by atoms with van der Waals surface area (Å²) in [5.41, 5.74) is 5.74. The molecule has 5 nitrogen and oxygen atoms in total. The highest BCUT2D eigenvalue weighted by Gasteiger charge is 2.01. The van der Waals surface area contributed by atoms with E-state index in [1.807, 2.05) is 43.5 Å². The Morgan fingerprint density at radius 3 is 2.95 bits per heavy atom. The normalized spacial score (nSPS) is 10.5. The monoisotopic (exact) mass is 253 g/mol.